The highest BCUT2D eigenvalue weighted by atomic mass is 32.2. The zero-order valence-electron chi connectivity index (χ0n) is 10.8. The lowest BCUT2D eigenvalue weighted by atomic mass is 10.2. The van der Waals surface area contributed by atoms with Crippen LogP contribution in [0.1, 0.15) is 32.1 Å². The lowest BCUT2D eigenvalue weighted by Crippen LogP contribution is -2.41. The third-order valence-corrected chi connectivity index (χ3v) is 4.50. The largest absolute Gasteiger partial charge is 0.394 e. The minimum atomic E-state index is -3.32. The van der Waals surface area contributed by atoms with Crippen molar-refractivity contribution in [2.45, 2.75) is 32.1 Å². The Morgan fingerprint density at radius 2 is 1.78 bits per heavy atom. The van der Waals surface area contributed by atoms with Crippen LogP contribution in [0.15, 0.2) is 0 Å². The molecule has 0 aromatic carbocycles. The van der Waals surface area contributed by atoms with Gasteiger partial charge in [-0.15, -0.1) is 0 Å². The molecule has 0 aromatic rings. The van der Waals surface area contributed by atoms with Gasteiger partial charge in [0, 0.05) is 26.2 Å². The number of nitrogens with zero attached hydrogens (tertiary/aromatic N) is 1. The Bertz CT molecular complexity index is 300. The molecule has 0 amide bonds. The van der Waals surface area contributed by atoms with E-state index in [-0.39, 0.29) is 6.61 Å². The standard InChI is InChI=1S/C11H24N2O4S/c14-9-11-17-10-5-6-12-18(15,16)13-7-3-1-2-4-8-13/h12,14H,1-11H2. The van der Waals surface area contributed by atoms with Crippen LogP contribution >= 0.6 is 0 Å². The molecule has 0 aromatic heterocycles. The van der Waals surface area contributed by atoms with E-state index in [0.717, 1.165) is 25.7 Å². The molecule has 7 heteroatoms. The molecule has 0 unspecified atom stereocenters. The van der Waals surface area contributed by atoms with Gasteiger partial charge in [-0.25, -0.2) is 4.72 Å². The first-order valence-electron chi connectivity index (χ1n) is 6.60. The lowest BCUT2D eigenvalue weighted by molar-refractivity contribution is 0.0913. The predicted octanol–water partition coefficient (Wildman–Crippen LogP) is 0.0958. The predicted molar refractivity (Wildman–Crippen MR) is 69.5 cm³/mol. The van der Waals surface area contributed by atoms with E-state index in [1.165, 1.54) is 4.31 Å². The fraction of sp³-hybridized carbons (Fsp3) is 1.00. The third kappa shape index (κ3) is 6.10. The molecule has 1 rings (SSSR count). The second kappa shape index (κ2) is 8.82. The van der Waals surface area contributed by atoms with Gasteiger partial charge in [-0.2, -0.15) is 12.7 Å². The number of aliphatic hydroxyl groups is 1. The SMILES string of the molecule is O=S(=O)(NCCCOCCO)N1CCCCCC1. The van der Waals surface area contributed by atoms with E-state index in [4.69, 9.17) is 9.84 Å². The molecule has 1 saturated heterocycles. The van der Waals surface area contributed by atoms with E-state index in [1.807, 2.05) is 0 Å². The zero-order valence-corrected chi connectivity index (χ0v) is 11.6. The summed E-state index contributed by atoms with van der Waals surface area (Å²) in [6.45, 7) is 2.39. The van der Waals surface area contributed by atoms with E-state index in [9.17, 15) is 8.42 Å². The van der Waals surface area contributed by atoms with Crippen LogP contribution in [0.25, 0.3) is 0 Å². The molecule has 2 N–H and O–H groups in total. The quantitative estimate of drug-likeness (QED) is 0.618. The van der Waals surface area contributed by atoms with Crippen molar-refractivity contribution in [1.82, 2.24) is 9.03 Å². The van der Waals surface area contributed by atoms with Crippen LogP contribution in [-0.2, 0) is 14.9 Å². The summed E-state index contributed by atoms with van der Waals surface area (Å²) in [5.74, 6) is 0. The Morgan fingerprint density at radius 1 is 1.11 bits per heavy atom. The summed E-state index contributed by atoms with van der Waals surface area (Å²) in [6, 6.07) is 0. The molecule has 18 heavy (non-hydrogen) atoms. The van der Waals surface area contributed by atoms with Crippen LogP contribution in [0.4, 0.5) is 0 Å². The maximum Gasteiger partial charge on any atom is 0.279 e. The number of aliphatic hydroxyl groups excluding tert-OH is 1. The average Bonchev–Trinajstić information content (AvgIpc) is 2.63. The minimum absolute atomic E-state index is 0.000491. The molecule has 6 nitrogen and oxygen atoms in total. The van der Waals surface area contributed by atoms with E-state index in [1.54, 1.807) is 0 Å². The summed E-state index contributed by atoms with van der Waals surface area (Å²) in [4.78, 5) is 0. The zero-order chi connectivity index (χ0) is 13.3. The summed E-state index contributed by atoms with van der Waals surface area (Å²) in [7, 11) is -3.32. The molecule has 0 spiro atoms. The van der Waals surface area contributed by atoms with Crippen molar-refractivity contribution in [2.24, 2.45) is 0 Å². The second-order valence-corrected chi connectivity index (χ2v) is 6.16. The van der Waals surface area contributed by atoms with Crippen LogP contribution in [0, 0.1) is 0 Å². The molecular formula is C11H24N2O4S. The van der Waals surface area contributed by atoms with Crippen LogP contribution in [0.3, 0.4) is 0 Å². The van der Waals surface area contributed by atoms with E-state index in [2.05, 4.69) is 4.72 Å². The molecular weight excluding hydrogens is 256 g/mol. The maximum absolute atomic E-state index is 12.0. The molecule has 1 aliphatic heterocycles. The fourth-order valence-electron chi connectivity index (χ4n) is 1.92. The van der Waals surface area contributed by atoms with Gasteiger partial charge in [0.05, 0.1) is 13.2 Å². The van der Waals surface area contributed by atoms with Gasteiger partial charge in [0.2, 0.25) is 0 Å². The average molecular weight is 280 g/mol. The summed E-state index contributed by atoms with van der Waals surface area (Å²) >= 11 is 0. The summed E-state index contributed by atoms with van der Waals surface area (Å²) < 4.78 is 33.1. The Labute approximate surface area is 109 Å². The van der Waals surface area contributed by atoms with Crippen LogP contribution in [-0.4, -0.2) is 57.3 Å². The van der Waals surface area contributed by atoms with Gasteiger partial charge in [-0.05, 0) is 19.3 Å². The van der Waals surface area contributed by atoms with E-state index >= 15 is 0 Å². The van der Waals surface area contributed by atoms with Crippen molar-refractivity contribution in [2.75, 3.05) is 39.5 Å². The normalized spacial score (nSPS) is 18.7. The molecule has 1 aliphatic rings. The van der Waals surface area contributed by atoms with Gasteiger partial charge < -0.3 is 9.84 Å². The van der Waals surface area contributed by atoms with Gasteiger partial charge in [-0.1, -0.05) is 12.8 Å². The first kappa shape index (κ1) is 15.8. The van der Waals surface area contributed by atoms with E-state index < -0.39 is 10.2 Å². The molecule has 0 atom stereocenters. The van der Waals surface area contributed by atoms with Gasteiger partial charge in [0.15, 0.2) is 0 Å². The van der Waals surface area contributed by atoms with Crippen LogP contribution in [0.2, 0.25) is 0 Å². The first-order valence-corrected chi connectivity index (χ1v) is 8.04. The lowest BCUT2D eigenvalue weighted by Gasteiger charge is -2.20. The topological polar surface area (TPSA) is 78.9 Å². The Kier molecular flexibility index (Phi) is 7.76. The molecule has 1 heterocycles. The molecule has 1 fully saturated rings. The van der Waals surface area contributed by atoms with Gasteiger partial charge in [0.25, 0.3) is 10.2 Å². The molecule has 0 radical (unpaired) electrons. The highest BCUT2D eigenvalue weighted by Gasteiger charge is 2.21. The van der Waals surface area contributed by atoms with Gasteiger partial charge in [0.1, 0.15) is 0 Å². The minimum Gasteiger partial charge on any atom is -0.394 e. The number of hydrogen-bond donors (Lipinski definition) is 2. The smallest absolute Gasteiger partial charge is 0.279 e. The third-order valence-electron chi connectivity index (χ3n) is 2.89. The first-order chi connectivity index (χ1) is 8.67. The van der Waals surface area contributed by atoms with E-state index in [0.29, 0.717) is 39.3 Å². The molecule has 108 valence electrons. The summed E-state index contributed by atoms with van der Waals surface area (Å²) in [6.07, 6.45) is 4.73. The molecule has 0 aliphatic carbocycles. The van der Waals surface area contributed by atoms with Crippen molar-refractivity contribution in [3.8, 4) is 0 Å². The van der Waals surface area contributed by atoms with Crippen LogP contribution < -0.4 is 4.72 Å². The van der Waals surface area contributed by atoms with Crippen LogP contribution in [0.5, 0.6) is 0 Å². The highest BCUT2D eigenvalue weighted by molar-refractivity contribution is 7.87. The van der Waals surface area contributed by atoms with Crippen molar-refractivity contribution in [1.29, 1.82) is 0 Å². The van der Waals surface area contributed by atoms with Crippen molar-refractivity contribution in [3.63, 3.8) is 0 Å². The van der Waals surface area contributed by atoms with Crippen molar-refractivity contribution in [3.05, 3.63) is 0 Å². The fourth-order valence-corrected chi connectivity index (χ4v) is 3.24. The monoisotopic (exact) mass is 280 g/mol. The van der Waals surface area contributed by atoms with Gasteiger partial charge >= 0.3 is 0 Å². The summed E-state index contributed by atoms with van der Waals surface area (Å²) in [5.41, 5.74) is 0. The van der Waals surface area contributed by atoms with Gasteiger partial charge in [-0.3, -0.25) is 0 Å². The van der Waals surface area contributed by atoms with Crippen molar-refractivity contribution >= 4 is 10.2 Å². The number of hydrogen-bond acceptors (Lipinski definition) is 4. The molecule has 0 saturated carbocycles. The highest BCUT2D eigenvalue weighted by Crippen LogP contribution is 2.12. The molecule has 0 bridgehead atoms. The second-order valence-electron chi connectivity index (χ2n) is 4.40. The van der Waals surface area contributed by atoms with Crippen molar-refractivity contribution < 1.29 is 18.3 Å². The number of ether oxygens (including phenoxy) is 1. The number of nitrogens with one attached hydrogen (secondary N) is 1. The maximum atomic E-state index is 12.0. The Balaban J connectivity index is 2.21. The number of rotatable bonds is 8. The summed E-state index contributed by atoms with van der Waals surface area (Å²) in [5, 5.41) is 8.51. The Hall–Kier alpha value is -0.210. The Morgan fingerprint density at radius 3 is 2.39 bits per heavy atom.